The second kappa shape index (κ2) is 9.48. The van der Waals surface area contributed by atoms with Crippen LogP contribution in [0.5, 0.6) is 5.75 Å². The Balaban J connectivity index is 2.04. The number of sulfonamides is 1. The van der Waals surface area contributed by atoms with E-state index in [0.29, 0.717) is 25.0 Å². The highest BCUT2D eigenvalue weighted by molar-refractivity contribution is 7.89. The van der Waals surface area contributed by atoms with Crippen molar-refractivity contribution in [3.63, 3.8) is 0 Å². The van der Waals surface area contributed by atoms with E-state index in [9.17, 15) is 17.6 Å². The van der Waals surface area contributed by atoms with Gasteiger partial charge in [-0.05, 0) is 49.1 Å². The first-order valence-corrected chi connectivity index (χ1v) is 10.1. The predicted octanol–water partition coefficient (Wildman–Crippen LogP) is 2.62. The Morgan fingerprint density at radius 2 is 1.96 bits per heavy atom. The van der Waals surface area contributed by atoms with Crippen molar-refractivity contribution in [1.29, 1.82) is 0 Å². The molecule has 146 valence electrons. The first-order chi connectivity index (χ1) is 12.8. The van der Waals surface area contributed by atoms with Crippen molar-refractivity contribution in [3.05, 3.63) is 59.4 Å². The minimum atomic E-state index is -3.83. The molecule has 0 bridgehead atoms. The second-order valence-electron chi connectivity index (χ2n) is 5.96. The van der Waals surface area contributed by atoms with Gasteiger partial charge in [0.1, 0.15) is 11.6 Å². The van der Waals surface area contributed by atoms with Gasteiger partial charge in [0, 0.05) is 6.54 Å². The monoisotopic (exact) mass is 394 g/mol. The SMILES string of the molecule is CCCOc1ccc(S(=O)(=O)NCCCc2ccccc2F)cc1C(N)=O. The molecule has 6 nitrogen and oxygen atoms in total. The number of carbonyl (C=O) groups is 1. The van der Waals surface area contributed by atoms with E-state index in [1.54, 1.807) is 18.2 Å². The van der Waals surface area contributed by atoms with E-state index in [2.05, 4.69) is 4.72 Å². The van der Waals surface area contributed by atoms with Gasteiger partial charge in [-0.1, -0.05) is 25.1 Å². The van der Waals surface area contributed by atoms with Gasteiger partial charge in [-0.25, -0.2) is 17.5 Å². The summed E-state index contributed by atoms with van der Waals surface area (Å²) in [6.45, 7) is 2.44. The number of hydrogen-bond acceptors (Lipinski definition) is 4. The normalized spacial score (nSPS) is 11.3. The molecular formula is C19H23FN2O4S. The summed E-state index contributed by atoms with van der Waals surface area (Å²) < 4.78 is 46.3. The smallest absolute Gasteiger partial charge is 0.252 e. The Morgan fingerprint density at radius 3 is 2.63 bits per heavy atom. The number of aryl methyl sites for hydroxylation is 1. The van der Waals surface area contributed by atoms with Crippen molar-refractivity contribution in [2.24, 2.45) is 5.73 Å². The molecule has 0 aliphatic heterocycles. The van der Waals surface area contributed by atoms with Crippen LogP contribution >= 0.6 is 0 Å². The van der Waals surface area contributed by atoms with Gasteiger partial charge in [-0.2, -0.15) is 0 Å². The van der Waals surface area contributed by atoms with Gasteiger partial charge in [0.05, 0.1) is 17.1 Å². The first kappa shape index (κ1) is 20.9. The molecule has 2 rings (SSSR count). The average Bonchev–Trinajstić information content (AvgIpc) is 2.64. The van der Waals surface area contributed by atoms with E-state index in [4.69, 9.17) is 10.5 Å². The number of nitrogens with two attached hydrogens (primary N) is 1. The lowest BCUT2D eigenvalue weighted by Gasteiger charge is -2.12. The molecule has 27 heavy (non-hydrogen) atoms. The van der Waals surface area contributed by atoms with Gasteiger partial charge in [0.15, 0.2) is 0 Å². The lowest BCUT2D eigenvalue weighted by atomic mass is 10.1. The minimum absolute atomic E-state index is 0.0117. The zero-order valence-electron chi connectivity index (χ0n) is 15.1. The molecule has 0 saturated heterocycles. The van der Waals surface area contributed by atoms with Crippen LogP contribution in [0.1, 0.15) is 35.7 Å². The third-order valence-corrected chi connectivity index (χ3v) is 5.32. The van der Waals surface area contributed by atoms with Crippen molar-refractivity contribution in [3.8, 4) is 5.75 Å². The van der Waals surface area contributed by atoms with Crippen LogP contribution in [-0.4, -0.2) is 27.5 Å². The molecule has 0 fully saturated rings. The fraction of sp³-hybridized carbons (Fsp3) is 0.316. The fourth-order valence-corrected chi connectivity index (χ4v) is 3.58. The largest absolute Gasteiger partial charge is 0.493 e. The minimum Gasteiger partial charge on any atom is -0.493 e. The number of carbonyl (C=O) groups excluding carboxylic acids is 1. The third kappa shape index (κ3) is 5.77. The maximum atomic E-state index is 13.6. The zero-order chi connectivity index (χ0) is 19.9. The molecule has 0 unspecified atom stereocenters. The maximum Gasteiger partial charge on any atom is 0.252 e. The van der Waals surface area contributed by atoms with Crippen LogP contribution in [0.3, 0.4) is 0 Å². The highest BCUT2D eigenvalue weighted by atomic mass is 32.2. The van der Waals surface area contributed by atoms with E-state index in [1.165, 1.54) is 24.3 Å². The van der Waals surface area contributed by atoms with Crippen LogP contribution in [0.2, 0.25) is 0 Å². The maximum absolute atomic E-state index is 13.6. The summed E-state index contributed by atoms with van der Waals surface area (Å²) in [6.07, 6.45) is 1.58. The van der Waals surface area contributed by atoms with Gasteiger partial charge in [0.25, 0.3) is 5.91 Å². The molecule has 0 heterocycles. The number of nitrogens with one attached hydrogen (secondary N) is 1. The van der Waals surface area contributed by atoms with Crippen molar-refractivity contribution >= 4 is 15.9 Å². The van der Waals surface area contributed by atoms with Gasteiger partial charge >= 0.3 is 0 Å². The summed E-state index contributed by atoms with van der Waals surface area (Å²) in [5.41, 5.74) is 5.87. The lowest BCUT2D eigenvalue weighted by Crippen LogP contribution is -2.26. The summed E-state index contributed by atoms with van der Waals surface area (Å²) >= 11 is 0. The molecule has 0 aromatic heterocycles. The summed E-state index contributed by atoms with van der Waals surface area (Å²) in [4.78, 5) is 11.5. The summed E-state index contributed by atoms with van der Waals surface area (Å²) in [7, 11) is -3.83. The van der Waals surface area contributed by atoms with Crippen molar-refractivity contribution in [2.75, 3.05) is 13.2 Å². The quantitative estimate of drug-likeness (QED) is 0.605. The van der Waals surface area contributed by atoms with E-state index < -0.39 is 15.9 Å². The van der Waals surface area contributed by atoms with E-state index in [0.717, 1.165) is 6.42 Å². The summed E-state index contributed by atoms with van der Waals surface area (Å²) in [5, 5.41) is 0. The third-order valence-electron chi connectivity index (χ3n) is 3.86. The van der Waals surface area contributed by atoms with Crippen LogP contribution < -0.4 is 15.2 Å². The number of amides is 1. The Bertz CT molecular complexity index is 900. The van der Waals surface area contributed by atoms with Crippen molar-refractivity contribution in [2.45, 2.75) is 31.1 Å². The number of hydrogen-bond donors (Lipinski definition) is 2. The molecule has 0 aliphatic carbocycles. The van der Waals surface area contributed by atoms with Crippen LogP contribution in [-0.2, 0) is 16.4 Å². The van der Waals surface area contributed by atoms with Crippen molar-refractivity contribution < 1.29 is 22.3 Å². The summed E-state index contributed by atoms with van der Waals surface area (Å²) in [5.74, 6) is -0.824. The molecule has 0 spiro atoms. The number of rotatable bonds is 10. The molecule has 0 aliphatic rings. The Labute approximate surface area is 158 Å². The van der Waals surface area contributed by atoms with Gasteiger partial charge in [-0.3, -0.25) is 4.79 Å². The molecule has 8 heteroatoms. The predicted molar refractivity (Wildman–Crippen MR) is 101 cm³/mol. The molecule has 0 radical (unpaired) electrons. The molecule has 0 atom stereocenters. The van der Waals surface area contributed by atoms with E-state index >= 15 is 0 Å². The molecule has 2 aromatic rings. The Hall–Kier alpha value is -2.45. The van der Waals surface area contributed by atoms with E-state index in [-0.39, 0.29) is 28.6 Å². The summed E-state index contributed by atoms with van der Waals surface area (Å²) in [6, 6.07) is 10.3. The van der Waals surface area contributed by atoms with Crippen LogP contribution in [0, 0.1) is 5.82 Å². The average molecular weight is 394 g/mol. The standard InChI is InChI=1S/C19H23FN2O4S/c1-2-12-26-18-10-9-15(13-16(18)19(21)23)27(24,25)22-11-5-7-14-6-3-4-8-17(14)20/h3-4,6,8-10,13,22H,2,5,7,11-12H2,1H3,(H2,21,23). The van der Waals surface area contributed by atoms with Gasteiger partial charge in [0.2, 0.25) is 10.0 Å². The Kier molecular flexibility index (Phi) is 7.32. The van der Waals surface area contributed by atoms with Crippen LogP contribution in [0.25, 0.3) is 0 Å². The molecule has 1 amide bonds. The van der Waals surface area contributed by atoms with Gasteiger partial charge in [-0.15, -0.1) is 0 Å². The van der Waals surface area contributed by atoms with E-state index in [1.807, 2.05) is 6.92 Å². The van der Waals surface area contributed by atoms with Crippen molar-refractivity contribution in [1.82, 2.24) is 4.72 Å². The number of primary amides is 1. The van der Waals surface area contributed by atoms with Crippen LogP contribution in [0.15, 0.2) is 47.4 Å². The first-order valence-electron chi connectivity index (χ1n) is 8.65. The number of ether oxygens (including phenoxy) is 1. The topological polar surface area (TPSA) is 98.5 Å². The zero-order valence-corrected chi connectivity index (χ0v) is 15.9. The molecule has 3 N–H and O–H groups in total. The number of benzene rings is 2. The number of halogens is 1. The second-order valence-corrected chi connectivity index (χ2v) is 7.73. The lowest BCUT2D eigenvalue weighted by molar-refractivity contribution is 0.0996. The van der Waals surface area contributed by atoms with Crippen LogP contribution in [0.4, 0.5) is 4.39 Å². The highest BCUT2D eigenvalue weighted by Crippen LogP contribution is 2.22. The molecular weight excluding hydrogens is 371 g/mol. The molecule has 2 aromatic carbocycles. The van der Waals surface area contributed by atoms with Gasteiger partial charge < -0.3 is 10.5 Å². The Morgan fingerprint density at radius 1 is 1.22 bits per heavy atom. The molecule has 0 saturated carbocycles. The highest BCUT2D eigenvalue weighted by Gasteiger charge is 2.18. The fourth-order valence-electron chi connectivity index (χ4n) is 2.48.